The number of carbonyl (C=O) groups is 1. The number of halogens is 1. The number of thioether (sulfide) groups is 1. The van der Waals surface area contributed by atoms with Crippen LogP contribution in [0.5, 0.6) is 5.75 Å². The number of rotatable bonds is 6. The summed E-state index contributed by atoms with van der Waals surface area (Å²) in [5.41, 5.74) is 2.82. The van der Waals surface area contributed by atoms with E-state index in [-0.39, 0.29) is 5.91 Å². The molecule has 4 nitrogen and oxygen atoms in total. The van der Waals surface area contributed by atoms with E-state index in [0.717, 1.165) is 42.8 Å². The Labute approximate surface area is 169 Å². The molecule has 26 heavy (non-hydrogen) atoms. The monoisotopic (exact) mass is 448 g/mol. The van der Waals surface area contributed by atoms with Crippen molar-refractivity contribution in [1.82, 2.24) is 4.98 Å². The second-order valence-electron chi connectivity index (χ2n) is 5.48. The van der Waals surface area contributed by atoms with E-state index in [9.17, 15) is 4.79 Å². The summed E-state index contributed by atoms with van der Waals surface area (Å²) >= 11 is 6.83. The Morgan fingerprint density at radius 3 is 2.73 bits per heavy atom. The molecule has 1 heterocycles. The molecule has 0 unspecified atom stereocenters. The first-order valence-electron chi connectivity index (χ1n) is 7.84. The smallest absolute Gasteiger partial charge is 0.221 e. The zero-order chi connectivity index (χ0) is 18.5. The molecule has 3 aromatic rings. The fourth-order valence-electron chi connectivity index (χ4n) is 2.34. The van der Waals surface area contributed by atoms with Crippen LogP contribution >= 0.6 is 39.0 Å². The second kappa shape index (κ2) is 8.70. The van der Waals surface area contributed by atoms with Crippen LogP contribution in [0.15, 0.2) is 57.2 Å². The van der Waals surface area contributed by atoms with Crippen LogP contribution in [0.1, 0.15) is 12.6 Å². The molecule has 0 spiro atoms. The van der Waals surface area contributed by atoms with E-state index in [0.29, 0.717) is 0 Å². The molecule has 0 radical (unpaired) electrons. The van der Waals surface area contributed by atoms with Gasteiger partial charge in [-0.25, -0.2) is 4.98 Å². The molecule has 0 atom stereocenters. The first-order chi connectivity index (χ1) is 12.5. The van der Waals surface area contributed by atoms with Crippen molar-refractivity contribution < 1.29 is 9.53 Å². The van der Waals surface area contributed by atoms with Crippen molar-refractivity contribution in [3.63, 3.8) is 0 Å². The summed E-state index contributed by atoms with van der Waals surface area (Å²) in [5.74, 6) is 1.53. The van der Waals surface area contributed by atoms with Crippen molar-refractivity contribution in [1.29, 1.82) is 0 Å². The van der Waals surface area contributed by atoms with E-state index >= 15 is 0 Å². The van der Waals surface area contributed by atoms with Gasteiger partial charge in [0.1, 0.15) is 10.8 Å². The van der Waals surface area contributed by atoms with Crippen LogP contribution in [0.25, 0.3) is 10.6 Å². The fourth-order valence-corrected chi connectivity index (χ4v) is 4.44. The van der Waals surface area contributed by atoms with Crippen LogP contribution in [0.2, 0.25) is 0 Å². The number of carbonyl (C=O) groups excluding carboxylic acids is 1. The highest BCUT2D eigenvalue weighted by atomic mass is 79.9. The lowest BCUT2D eigenvalue weighted by Crippen LogP contribution is -2.05. The Morgan fingerprint density at radius 1 is 1.27 bits per heavy atom. The number of amides is 1. The first kappa shape index (κ1) is 18.9. The van der Waals surface area contributed by atoms with E-state index in [1.165, 1.54) is 6.92 Å². The van der Waals surface area contributed by atoms with E-state index in [2.05, 4.69) is 26.6 Å². The van der Waals surface area contributed by atoms with Crippen molar-refractivity contribution in [3.05, 3.63) is 58.0 Å². The summed E-state index contributed by atoms with van der Waals surface area (Å²) in [6, 6.07) is 13.7. The third-order valence-electron chi connectivity index (χ3n) is 3.51. The van der Waals surface area contributed by atoms with Crippen LogP contribution in [0.4, 0.5) is 5.69 Å². The molecule has 134 valence electrons. The third kappa shape index (κ3) is 4.87. The summed E-state index contributed by atoms with van der Waals surface area (Å²) < 4.78 is 6.44. The molecular weight excluding hydrogens is 432 g/mol. The normalized spacial score (nSPS) is 10.6. The maximum atomic E-state index is 11.1. The van der Waals surface area contributed by atoms with Gasteiger partial charge in [-0.15, -0.1) is 23.1 Å². The average Bonchev–Trinajstić information content (AvgIpc) is 3.09. The highest BCUT2D eigenvalue weighted by Gasteiger charge is 2.11. The molecule has 1 amide bonds. The van der Waals surface area contributed by atoms with Gasteiger partial charge in [-0.05, 0) is 42.5 Å². The molecule has 3 rings (SSSR count). The summed E-state index contributed by atoms with van der Waals surface area (Å²) in [4.78, 5) is 16.9. The van der Waals surface area contributed by atoms with Gasteiger partial charge in [0.15, 0.2) is 0 Å². The van der Waals surface area contributed by atoms with E-state index in [1.54, 1.807) is 30.2 Å². The molecule has 7 heteroatoms. The van der Waals surface area contributed by atoms with E-state index in [4.69, 9.17) is 9.72 Å². The number of hydrogen-bond acceptors (Lipinski definition) is 5. The van der Waals surface area contributed by atoms with Gasteiger partial charge in [-0.3, -0.25) is 4.79 Å². The molecule has 0 fully saturated rings. The van der Waals surface area contributed by atoms with Crippen LogP contribution in [-0.4, -0.2) is 18.0 Å². The Morgan fingerprint density at radius 2 is 2.04 bits per heavy atom. The topological polar surface area (TPSA) is 51.2 Å². The summed E-state index contributed by atoms with van der Waals surface area (Å²) in [7, 11) is 1.67. The molecule has 0 saturated carbocycles. The van der Waals surface area contributed by atoms with Crippen LogP contribution < -0.4 is 10.1 Å². The number of hydrogen-bond donors (Lipinski definition) is 1. The van der Waals surface area contributed by atoms with E-state index in [1.807, 2.05) is 42.5 Å². The lowest BCUT2D eigenvalue weighted by molar-refractivity contribution is -0.114. The van der Waals surface area contributed by atoms with Gasteiger partial charge < -0.3 is 10.1 Å². The number of aromatic nitrogens is 1. The minimum atomic E-state index is -0.0663. The van der Waals surface area contributed by atoms with Crippen molar-refractivity contribution in [2.24, 2.45) is 0 Å². The molecule has 0 aliphatic carbocycles. The van der Waals surface area contributed by atoms with Gasteiger partial charge in [-0.2, -0.15) is 0 Å². The first-order valence-corrected chi connectivity index (χ1v) is 10.5. The molecule has 2 aromatic carbocycles. The number of nitrogens with one attached hydrogen (secondary N) is 1. The van der Waals surface area contributed by atoms with Gasteiger partial charge in [-0.1, -0.05) is 15.9 Å². The van der Waals surface area contributed by atoms with Crippen molar-refractivity contribution >= 4 is 50.6 Å². The Balaban J connectivity index is 1.67. The summed E-state index contributed by atoms with van der Waals surface area (Å²) in [6.45, 7) is 1.50. The predicted molar refractivity (Wildman–Crippen MR) is 112 cm³/mol. The minimum absolute atomic E-state index is 0.0663. The van der Waals surface area contributed by atoms with Crippen molar-refractivity contribution in [2.75, 3.05) is 12.4 Å². The van der Waals surface area contributed by atoms with Gasteiger partial charge in [0.05, 0.1) is 18.4 Å². The molecule has 0 aliphatic heterocycles. The number of thiazole rings is 1. The number of benzene rings is 2. The third-order valence-corrected chi connectivity index (χ3v) is 5.97. The van der Waals surface area contributed by atoms with Crippen LogP contribution in [-0.2, 0) is 10.5 Å². The van der Waals surface area contributed by atoms with Gasteiger partial charge in [0.25, 0.3) is 0 Å². The maximum Gasteiger partial charge on any atom is 0.221 e. The van der Waals surface area contributed by atoms with Crippen molar-refractivity contribution in [3.8, 4) is 16.3 Å². The summed E-state index contributed by atoms with van der Waals surface area (Å²) in [5, 5.41) is 5.79. The Kier molecular flexibility index (Phi) is 6.34. The zero-order valence-corrected chi connectivity index (χ0v) is 17.5. The van der Waals surface area contributed by atoms with E-state index < -0.39 is 0 Å². The highest BCUT2D eigenvalue weighted by molar-refractivity contribution is 9.10. The van der Waals surface area contributed by atoms with Crippen molar-refractivity contribution in [2.45, 2.75) is 17.6 Å². The fraction of sp³-hybridized carbons (Fsp3) is 0.158. The Bertz CT molecular complexity index is 910. The largest absolute Gasteiger partial charge is 0.496 e. The molecule has 0 aliphatic rings. The lowest BCUT2D eigenvalue weighted by Gasteiger charge is -2.06. The molecule has 1 N–H and O–H groups in total. The number of ether oxygens (including phenoxy) is 1. The second-order valence-corrected chi connectivity index (χ2v) is 8.31. The predicted octanol–water partition coefficient (Wildman–Crippen LogP) is 5.83. The maximum absolute atomic E-state index is 11.1. The summed E-state index contributed by atoms with van der Waals surface area (Å²) in [6.07, 6.45) is 0. The number of nitrogens with zero attached hydrogens (tertiary/aromatic N) is 1. The van der Waals surface area contributed by atoms with Gasteiger partial charge in [0, 0.05) is 33.1 Å². The number of anilines is 1. The standard InChI is InChI=1S/C19H17BrN2O2S2/c1-12(23)21-14-4-6-16(7-5-14)25-10-15-11-26-19(22-15)17-9-13(20)3-8-18(17)24-2/h3-9,11H,10H2,1-2H3,(H,21,23). The molecule has 1 aromatic heterocycles. The molecule has 0 bridgehead atoms. The number of methoxy groups -OCH3 is 1. The van der Waals surface area contributed by atoms with Gasteiger partial charge in [0.2, 0.25) is 5.91 Å². The minimum Gasteiger partial charge on any atom is -0.496 e. The SMILES string of the molecule is COc1ccc(Br)cc1-c1nc(CSc2ccc(NC(C)=O)cc2)cs1. The lowest BCUT2D eigenvalue weighted by atomic mass is 10.2. The van der Waals surface area contributed by atoms with Gasteiger partial charge >= 0.3 is 0 Å². The van der Waals surface area contributed by atoms with Crippen LogP contribution in [0.3, 0.4) is 0 Å². The highest BCUT2D eigenvalue weighted by Crippen LogP contribution is 2.35. The zero-order valence-electron chi connectivity index (χ0n) is 14.3. The molecule has 0 saturated heterocycles. The Hall–Kier alpha value is -1.83. The average molecular weight is 449 g/mol. The van der Waals surface area contributed by atoms with Crippen LogP contribution in [0, 0.1) is 0 Å². The quantitative estimate of drug-likeness (QED) is 0.481. The molecular formula is C19H17BrN2O2S2.